The Morgan fingerprint density at radius 2 is 2.11 bits per heavy atom. The number of nitrogens with zero attached hydrogens (tertiary/aromatic N) is 1. The number of carbonyl (C=O) groups is 1. The van der Waals surface area contributed by atoms with Crippen LogP contribution in [0.4, 0.5) is 5.69 Å². The lowest BCUT2D eigenvalue weighted by Crippen LogP contribution is -2.38. The van der Waals surface area contributed by atoms with Crippen LogP contribution in [0.2, 0.25) is 0 Å². The largest absolute Gasteiger partial charge is 0.389 e. The van der Waals surface area contributed by atoms with E-state index in [1.807, 2.05) is 43.9 Å². The summed E-state index contributed by atoms with van der Waals surface area (Å²) in [4.78, 5) is 14.1. The molecule has 0 aliphatic rings. The van der Waals surface area contributed by atoms with Crippen molar-refractivity contribution in [1.82, 2.24) is 5.32 Å². The number of anilines is 1. The zero-order valence-corrected chi connectivity index (χ0v) is 12.5. The van der Waals surface area contributed by atoms with Crippen molar-refractivity contribution >= 4 is 28.8 Å². The molecule has 0 fully saturated rings. The average Bonchev–Trinajstić information content (AvgIpc) is 2.35. The maximum Gasteiger partial charge on any atom is 0.239 e. The van der Waals surface area contributed by atoms with Crippen LogP contribution in [0.15, 0.2) is 18.2 Å². The Morgan fingerprint density at radius 3 is 2.63 bits per heavy atom. The number of amides is 1. The maximum absolute atomic E-state index is 11.7. The van der Waals surface area contributed by atoms with E-state index >= 15 is 0 Å². The molecule has 3 N–H and O–H groups in total. The van der Waals surface area contributed by atoms with Gasteiger partial charge in [-0.25, -0.2) is 0 Å². The second-order valence-electron chi connectivity index (χ2n) is 4.35. The molecule has 4 nitrogen and oxygen atoms in total. The van der Waals surface area contributed by atoms with Gasteiger partial charge in [-0.2, -0.15) is 0 Å². The van der Waals surface area contributed by atoms with Crippen LogP contribution in [0, 0.1) is 6.92 Å². The molecule has 0 saturated carbocycles. The monoisotopic (exact) mass is 279 g/mol. The maximum atomic E-state index is 11.7. The molecule has 0 aromatic heterocycles. The number of nitrogens with two attached hydrogens (primary N) is 1. The Hall–Kier alpha value is -1.62. The summed E-state index contributed by atoms with van der Waals surface area (Å²) in [5.41, 5.74) is 8.60. The van der Waals surface area contributed by atoms with Crippen LogP contribution in [0.25, 0.3) is 0 Å². The molecule has 0 spiro atoms. The fraction of sp³-hybridized carbons (Fsp3) is 0.429. The fourth-order valence-corrected chi connectivity index (χ4v) is 2.08. The molecule has 5 heteroatoms. The van der Waals surface area contributed by atoms with Gasteiger partial charge < -0.3 is 16.0 Å². The van der Waals surface area contributed by atoms with Gasteiger partial charge in [0.2, 0.25) is 5.91 Å². The first-order valence-corrected chi connectivity index (χ1v) is 6.82. The zero-order valence-electron chi connectivity index (χ0n) is 11.7. The normalized spacial score (nSPS) is 10.1. The third kappa shape index (κ3) is 4.21. The average molecular weight is 279 g/mol. The zero-order chi connectivity index (χ0) is 14.4. The molecule has 0 saturated heterocycles. The van der Waals surface area contributed by atoms with Crippen LogP contribution in [-0.4, -0.2) is 30.5 Å². The summed E-state index contributed by atoms with van der Waals surface area (Å²) in [5, 5.41) is 2.80. The molecule has 0 aliphatic heterocycles. The second kappa shape index (κ2) is 7.09. The molecule has 0 heterocycles. The summed E-state index contributed by atoms with van der Waals surface area (Å²) >= 11 is 5.08. The predicted molar refractivity (Wildman–Crippen MR) is 83.6 cm³/mol. The first-order chi connectivity index (χ1) is 8.99. The van der Waals surface area contributed by atoms with Crippen molar-refractivity contribution in [3.8, 4) is 0 Å². The molecule has 0 radical (unpaired) electrons. The third-order valence-corrected chi connectivity index (χ3v) is 3.07. The molecule has 0 unspecified atom stereocenters. The Balaban J connectivity index is 3.06. The minimum Gasteiger partial charge on any atom is -0.389 e. The summed E-state index contributed by atoms with van der Waals surface area (Å²) in [6.07, 6.45) is 0. The highest BCUT2D eigenvalue weighted by Crippen LogP contribution is 2.22. The highest BCUT2D eigenvalue weighted by atomic mass is 32.1. The van der Waals surface area contributed by atoms with E-state index in [1.165, 1.54) is 0 Å². The van der Waals surface area contributed by atoms with E-state index in [-0.39, 0.29) is 5.91 Å². The van der Waals surface area contributed by atoms with Crippen molar-refractivity contribution in [3.05, 3.63) is 29.3 Å². The number of carbonyl (C=O) groups excluding carboxylic acids is 1. The topological polar surface area (TPSA) is 58.4 Å². The summed E-state index contributed by atoms with van der Waals surface area (Å²) in [6.45, 7) is 7.57. The molecule has 1 rings (SSSR count). The molecular formula is C14H21N3OS. The van der Waals surface area contributed by atoms with Crippen molar-refractivity contribution in [2.24, 2.45) is 5.73 Å². The Morgan fingerprint density at radius 1 is 1.42 bits per heavy atom. The lowest BCUT2D eigenvalue weighted by atomic mass is 10.1. The lowest BCUT2D eigenvalue weighted by Gasteiger charge is -2.25. The quantitative estimate of drug-likeness (QED) is 0.777. The molecule has 1 aromatic rings. The van der Waals surface area contributed by atoms with Crippen LogP contribution in [0.5, 0.6) is 0 Å². The van der Waals surface area contributed by atoms with Crippen molar-refractivity contribution in [2.45, 2.75) is 20.8 Å². The van der Waals surface area contributed by atoms with Crippen LogP contribution in [-0.2, 0) is 4.79 Å². The van der Waals surface area contributed by atoms with Crippen LogP contribution < -0.4 is 16.0 Å². The summed E-state index contributed by atoms with van der Waals surface area (Å²) in [7, 11) is 0. The predicted octanol–water partition coefficient (Wildman–Crippen LogP) is 1.59. The standard InChI is InChI=1S/C14H21N3OS/c1-4-16-13(18)9-17(5-2)12-8-10(3)6-7-11(12)14(15)19/h6-8H,4-5,9H2,1-3H3,(H2,15,19)(H,16,18). The molecule has 104 valence electrons. The van der Waals surface area contributed by atoms with Gasteiger partial charge in [-0.05, 0) is 38.5 Å². The molecule has 1 amide bonds. The molecule has 0 aliphatic carbocycles. The fourth-order valence-electron chi connectivity index (χ4n) is 1.91. The first-order valence-electron chi connectivity index (χ1n) is 6.41. The summed E-state index contributed by atoms with van der Waals surface area (Å²) < 4.78 is 0. The van der Waals surface area contributed by atoms with Gasteiger partial charge in [0.15, 0.2) is 0 Å². The van der Waals surface area contributed by atoms with E-state index < -0.39 is 0 Å². The smallest absolute Gasteiger partial charge is 0.239 e. The van der Waals surface area contributed by atoms with Gasteiger partial charge in [0.05, 0.1) is 6.54 Å². The van der Waals surface area contributed by atoms with Gasteiger partial charge in [-0.1, -0.05) is 18.3 Å². The number of nitrogens with one attached hydrogen (secondary N) is 1. The second-order valence-corrected chi connectivity index (χ2v) is 4.79. The van der Waals surface area contributed by atoms with Gasteiger partial charge in [-0.3, -0.25) is 4.79 Å². The number of hydrogen-bond acceptors (Lipinski definition) is 3. The Kier molecular flexibility index (Phi) is 5.76. The number of aryl methyl sites for hydroxylation is 1. The van der Waals surface area contributed by atoms with Crippen LogP contribution in [0.3, 0.4) is 0 Å². The van der Waals surface area contributed by atoms with Crippen molar-refractivity contribution in [2.75, 3.05) is 24.5 Å². The van der Waals surface area contributed by atoms with Crippen molar-refractivity contribution in [3.63, 3.8) is 0 Å². The van der Waals surface area contributed by atoms with Gasteiger partial charge in [0.1, 0.15) is 4.99 Å². The van der Waals surface area contributed by atoms with Gasteiger partial charge >= 0.3 is 0 Å². The number of thiocarbonyl (C=S) groups is 1. The van der Waals surface area contributed by atoms with Crippen LogP contribution in [0.1, 0.15) is 25.0 Å². The van der Waals surface area contributed by atoms with Crippen molar-refractivity contribution in [1.29, 1.82) is 0 Å². The highest BCUT2D eigenvalue weighted by Gasteiger charge is 2.14. The van der Waals surface area contributed by atoms with Crippen LogP contribution >= 0.6 is 12.2 Å². The summed E-state index contributed by atoms with van der Waals surface area (Å²) in [6, 6.07) is 5.89. The van der Waals surface area contributed by atoms with E-state index in [4.69, 9.17) is 18.0 Å². The number of likely N-dealkylation sites (N-methyl/N-ethyl adjacent to an activating group) is 2. The molecular weight excluding hydrogens is 258 g/mol. The van der Waals surface area contributed by atoms with Gasteiger partial charge in [-0.15, -0.1) is 0 Å². The van der Waals surface area contributed by atoms with Gasteiger partial charge in [0, 0.05) is 24.3 Å². The molecule has 0 bridgehead atoms. The van der Waals surface area contributed by atoms with E-state index in [1.54, 1.807) is 0 Å². The Bertz CT molecular complexity index is 474. The van der Waals surface area contributed by atoms with E-state index in [0.717, 1.165) is 23.4 Å². The van der Waals surface area contributed by atoms with Crippen molar-refractivity contribution < 1.29 is 4.79 Å². The van der Waals surface area contributed by atoms with Gasteiger partial charge in [0.25, 0.3) is 0 Å². The molecule has 0 atom stereocenters. The SMILES string of the molecule is CCNC(=O)CN(CC)c1cc(C)ccc1C(N)=S. The lowest BCUT2D eigenvalue weighted by molar-refractivity contribution is -0.119. The number of hydrogen-bond donors (Lipinski definition) is 2. The minimum absolute atomic E-state index is 0.000235. The van der Waals surface area contributed by atoms with E-state index in [0.29, 0.717) is 18.1 Å². The third-order valence-electron chi connectivity index (χ3n) is 2.85. The number of benzene rings is 1. The Labute approximate surface area is 120 Å². The molecule has 1 aromatic carbocycles. The summed E-state index contributed by atoms with van der Waals surface area (Å²) in [5.74, 6) is -0.000235. The molecule has 19 heavy (non-hydrogen) atoms. The van der Waals surface area contributed by atoms with E-state index in [2.05, 4.69) is 5.32 Å². The van der Waals surface area contributed by atoms with E-state index in [9.17, 15) is 4.79 Å². The first kappa shape index (κ1) is 15.4. The minimum atomic E-state index is -0.000235. The number of rotatable bonds is 6. The highest BCUT2D eigenvalue weighted by molar-refractivity contribution is 7.80.